The molecular formula is C15H19BrCl2O. The van der Waals surface area contributed by atoms with Crippen LogP contribution in [0.1, 0.15) is 49.5 Å². The van der Waals surface area contributed by atoms with Crippen LogP contribution in [0, 0.1) is 5.92 Å². The van der Waals surface area contributed by atoms with Crippen molar-refractivity contribution in [3.8, 4) is 5.75 Å². The molecule has 4 heteroatoms. The summed E-state index contributed by atoms with van der Waals surface area (Å²) in [5, 5.41) is 0.657. The molecule has 1 aliphatic rings. The molecular weight excluding hydrogens is 347 g/mol. The third kappa shape index (κ3) is 4.03. The Morgan fingerprint density at radius 1 is 1.32 bits per heavy atom. The van der Waals surface area contributed by atoms with Crippen molar-refractivity contribution in [1.82, 2.24) is 0 Å². The number of rotatable bonds is 4. The Bertz CT molecular complexity index is 430. The van der Waals surface area contributed by atoms with Crippen LogP contribution in [0.4, 0.5) is 0 Å². The number of halogens is 3. The van der Waals surface area contributed by atoms with Crippen LogP contribution in [0.2, 0.25) is 5.02 Å². The Morgan fingerprint density at radius 2 is 2.00 bits per heavy atom. The van der Waals surface area contributed by atoms with E-state index in [9.17, 15) is 0 Å². The van der Waals surface area contributed by atoms with Crippen molar-refractivity contribution in [3.05, 3.63) is 27.2 Å². The molecule has 1 atom stereocenters. The zero-order valence-corrected chi connectivity index (χ0v) is 14.2. The molecule has 0 bridgehead atoms. The van der Waals surface area contributed by atoms with Crippen molar-refractivity contribution in [3.63, 3.8) is 0 Å². The Balaban J connectivity index is 2.15. The quantitative estimate of drug-likeness (QED) is 0.564. The second kappa shape index (κ2) is 7.19. The largest absolute Gasteiger partial charge is 0.495 e. The molecule has 0 radical (unpaired) electrons. The van der Waals surface area contributed by atoms with Gasteiger partial charge in [-0.15, -0.1) is 11.6 Å². The molecule has 1 unspecified atom stereocenters. The molecule has 1 aliphatic carbocycles. The van der Waals surface area contributed by atoms with Gasteiger partial charge in [0.15, 0.2) is 0 Å². The predicted octanol–water partition coefficient (Wildman–Crippen LogP) is 6.36. The van der Waals surface area contributed by atoms with Crippen LogP contribution in [-0.4, -0.2) is 7.11 Å². The highest BCUT2D eigenvalue weighted by Gasteiger charge is 2.22. The van der Waals surface area contributed by atoms with Gasteiger partial charge in [-0.25, -0.2) is 0 Å². The molecule has 106 valence electrons. The van der Waals surface area contributed by atoms with Crippen LogP contribution in [0.5, 0.6) is 5.75 Å². The first-order valence-corrected chi connectivity index (χ1v) is 8.39. The lowest BCUT2D eigenvalue weighted by Gasteiger charge is -2.25. The summed E-state index contributed by atoms with van der Waals surface area (Å²) in [4.78, 5) is 0. The fraction of sp³-hybridized carbons (Fsp3) is 0.600. The van der Waals surface area contributed by atoms with Crippen LogP contribution in [0.15, 0.2) is 16.6 Å². The van der Waals surface area contributed by atoms with Crippen molar-refractivity contribution >= 4 is 39.1 Å². The highest BCUT2D eigenvalue weighted by molar-refractivity contribution is 9.10. The second-order valence-corrected chi connectivity index (χ2v) is 7.03. The molecule has 1 saturated carbocycles. The molecule has 0 spiro atoms. The summed E-state index contributed by atoms with van der Waals surface area (Å²) >= 11 is 16.2. The van der Waals surface area contributed by atoms with Gasteiger partial charge >= 0.3 is 0 Å². The van der Waals surface area contributed by atoms with Gasteiger partial charge in [0.05, 0.1) is 17.0 Å². The zero-order valence-electron chi connectivity index (χ0n) is 11.1. The van der Waals surface area contributed by atoms with Crippen LogP contribution in [0.25, 0.3) is 0 Å². The average molecular weight is 366 g/mol. The van der Waals surface area contributed by atoms with Crippen molar-refractivity contribution < 1.29 is 4.74 Å². The lowest BCUT2D eigenvalue weighted by molar-refractivity contribution is 0.333. The Morgan fingerprint density at radius 3 is 2.63 bits per heavy atom. The monoisotopic (exact) mass is 364 g/mol. The van der Waals surface area contributed by atoms with Gasteiger partial charge in [-0.1, -0.05) is 43.7 Å². The number of benzene rings is 1. The van der Waals surface area contributed by atoms with E-state index in [1.807, 2.05) is 12.1 Å². The number of hydrogen-bond donors (Lipinski definition) is 0. The Kier molecular flexibility index (Phi) is 5.86. The first kappa shape index (κ1) is 15.5. The maximum Gasteiger partial charge on any atom is 0.137 e. The van der Waals surface area contributed by atoms with E-state index in [-0.39, 0.29) is 5.38 Å². The number of hydrogen-bond acceptors (Lipinski definition) is 1. The molecule has 0 saturated heterocycles. The fourth-order valence-electron chi connectivity index (χ4n) is 2.87. The van der Waals surface area contributed by atoms with Gasteiger partial charge in [0.1, 0.15) is 5.75 Å². The molecule has 1 aromatic rings. The number of methoxy groups -OCH3 is 1. The Hall–Kier alpha value is 0.0800. The van der Waals surface area contributed by atoms with Crippen molar-refractivity contribution in [2.24, 2.45) is 5.92 Å². The summed E-state index contributed by atoms with van der Waals surface area (Å²) in [5.74, 6) is 1.54. The molecule has 0 N–H and O–H groups in total. The van der Waals surface area contributed by atoms with Gasteiger partial charge < -0.3 is 4.74 Å². The van der Waals surface area contributed by atoms with Gasteiger partial charge in [0.25, 0.3) is 0 Å². The highest BCUT2D eigenvalue weighted by Crippen LogP contribution is 2.42. The van der Waals surface area contributed by atoms with Crippen LogP contribution < -0.4 is 4.74 Å². The molecule has 1 fully saturated rings. The summed E-state index contributed by atoms with van der Waals surface area (Å²) in [7, 11) is 1.67. The summed E-state index contributed by atoms with van der Waals surface area (Å²) in [5.41, 5.74) is 0.995. The van der Waals surface area contributed by atoms with Crippen molar-refractivity contribution in [2.75, 3.05) is 7.11 Å². The number of ether oxygens (including phenoxy) is 1. The summed E-state index contributed by atoms with van der Waals surface area (Å²) in [6.07, 6.45) is 7.65. The van der Waals surface area contributed by atoms with Gasteiger partial charge in [-0.05, 0) is 40.4 Å². The van der Waals surface area contributed by atoms with E-state index < -0.39 is 0 Å². The predicted molar refractivity (Wildman–Crippen MR) is 85.5 cm³/mol. The maximum atomic E-state index is 6.61. The normalized spacial score (nSPS) is 18.3. The van der Waals surface area contributed by atoms with Gasteiger partial charge in [0, 0.05) is 10.6 Å². The van der Waals surface area contributed by atoms with Gasteiger partial charge in [0.2, 0.25) is 0 Å². The minimum absolute atomic E-state index is 0.0342. The third-order valence-corrected chi connectivity index (χ3v) is 5.06. The molecule has 2 rings (SSSR count). The van der Waals surface area contributed by atoms with Crippen LogP contribution in [-0.2, 0) is 0 Å². The molecule has 1 aromatic carbocycles. The summed E-state index contributed by atoms with van der Waals surface area (Å²) < 4.78 is 6.32. The van der Waals surface area contributed by atoms with Gasteiger partial charge in [-0.3, -0.25) is 0 Å². The molecule has 19 heavy (non-hydrogen) atoms. The molecule has 0 aromatic heterocycles. The maximum absolute atomic E-state index is 6.61. The van der Waals surface area contributed by atoms with Crippen LogP contribution >= 0.6 is 39.1 Å². The smallest absolute Gasteiger partial charge is 0.137 e. The SMILES string of the molecule is COc1c(Br)cc(Cl)cc1C(Cl)CC1CCCCC1. The Labute approximate surface area is 133 Å². The summed E-state index contributed by atoms with van der Waals surface area (Å²) in [6.45, 7) is 0. The molecule has 0 amide bonds. The topological polar surface area (TPSA) is 9.23 Å². The van der Waals surface area contributed by atoms with Gasteiger partial charge in [-0.2, -0.15) is 0 Å². The number of alkyl halides is 1. The second-order valence-electron chi connectivity index (χ2n) is 5.22. The van der Waals surface area contributed by atoms with E-state index in [0.717, 1.165) is 28.1 Å². The minimum Gasteiger partial charge on any atom is -0.495 e. The minimum atomic E-state index is -0.0342. The molecule has 0 aliphatic heterocycles. The zero-order chi connectivity index (χ0) is 13.8. The van der Waals surface area contributed by atoms with E-state index in [4.69, 9.17) is 27.9 Å². The third-order valence-electron chi connectivity index (χ3n) is 3.84. The molecule has 1 nitrogen and oxygen atoms in total. The lowest BCUT2D eigenvalue weighted by atomic mass is 9.85. The molecule has 0 heterocycles. The summed E-state index contributed by atoms with van der Waals surface area (Å²) in [6, 6.07) is 3.76. The van der Waals surface area contributed by atoms with E-state index >= 15 is 0 Å². The van der Waals surface area contributed by atoms with Crippen molar-refractivity contribution in [1.29, 1.82) is 0 Å². The lowest BCUT2D eigenvalue weighted by Crippen LogP contribution is -2.09. The van der Waals surface area contributed by atoms with E-state index in [2.05, 4.69) is 15.9 Å². The van der Waals surface area contributed by atoms with Crippen molar-refractivity contribution in [2.45, 2.75) is 43.9 Å². The fourth-order valence-corrected chi connectivity index (χ4v) is 4.28. The standard InChI is InChI=1S/C15H19BrCl2O/c1-19-15-12(8-11(17)9-13(15)16)14(18)7-10-5-3-2-4-6-10/h8-10,14H,2-7H2,1H3. The van der Waals surface area contributed by atoms with E-state index in [1.165, 1.54) is 32.1 Å². The van der Waals surface area contributed by atoms with E-state index in [0.29, 0.717) is 5.02 Å². The average Bonchev–Trinajstić information content (AvgIpc) is 2.39. The highest BCUT2D eigenvalue weighted by atomic mass is 79.9. The first-order chi connectivity index (χ1) is 9.11. The first-order valence-electron chi connectivity index (χ1n) is 6.78. The van der Waals surface area contributed by atoms with E-state index in [1.54, 1.807) is 7.11 Å². The van der Waals surface area contributed by atoms with Crippen LogP contribution in [0.3, 0.4) is 0 Å².